The monoisotopic (exact) mass is 227 g/mol. The summed E-state index contributed by atoms with van der Waals surface area (Å²) in [7, 11) is 0. The highest BCUT2D eigenvalue weighted by molar-refractivity contribution is 7.15. The smallest absolute Gasteiger partial charge is 0.208 e. The van der Waals surface area contributed by atoms with Crippen molar-refractivity contribution in [2.24, 2.45) is 0 Å². The maximum Gasteiger partial charge on any atom is 0.208 e. The standard InChI is InChI=1S/C10H17N3OS/c1-8-11-12-10(15-8)13(6-3-7-14)9-4-2-5-9/h9,14H,2-7H2,1H3. The first kappa shape index (κ1) is 10.8. The van der Waals surface area contributed by atoms with Crippen LogP contribution in [0.1, 0.15) is 30.7 Å². The molecule has 0 aromatic carbocycles. The lowest BCUT2D eigenvalue weighted by atomic mass is 9.92. The van der Waals surface area contributed by atoms with E-state index in [1.165, 1.54) is 19.3 Å². The van der Waals surface area contributed by atoms with Crippen molar-refractivity contribution in [3.8, 4) is 0 Å². The van der Waals surface area contributed by atoms with Gasteiger partial charge in [0, 0.05) is 19.2 Å². The van der Waals surface area contributed by atoms with E-state index in [0.29, 0.717) is 6.04 Å². The Morgan fingerprint density at radius 1 is 1.47 bits per heavy atom. The Balaban J connectivity index is 2.03. The van der Waals surface area contributed by atoms with E-state index in [9.17, 15) is 0 Å². The number of rotatable bonds is 5. The lowest BCUT2D eigenvalue weighted by Crippen LogP contribution is -2.41. The molecule has 0 spiro atoms. The third kappa shape index (κ3) is 2.46. The van der Waals surface area contributed by atoms with Crippen molar-refractivity contribution in [3.63, 3.8) is 0 Å². The Kier molecular flexibility index (Phi) is 3.53. The minimum absolute atomic E-state index is 0.251. The van der Waals surface area contributed by atoms with Gasteiger partial charge in [-0.25, -0.2) is 0 Å². The molecule has 84 valence electrons. The molecule has 2 rings (SSSR count). The number of hydrogen-bond donors (Lipinski definition) is 1. The van der Waals surface area contributed by atoms with E-state index in [1.807, 2.05) is 6.92 Å². The van der Waals surface area contributed by atoms with Crippen LogP contribution in [0.15, 0.2) is 0 Å². The molecule has 1 saturated carbocycles. The Bertz CT molecular complexity index is 311. The molecule has 0 bridgehead atoms. The average molecular weight is 227 g/mol. The molecular formula is C10H17N3OS. The van der Waals surface area contributed by atoms with Crippen LogP contribution in [-0.4, -0.2) is 34.5 Å². The molecule has 0 saturated heterocycles. The van der Waals surface area contributed by atoms with E-state index >= 15 is 0 Å². The largest absolute Gasteiger partial charge is 0.396 e. The number of anilines is 1. The molecule has 1 heterocycles. The van der Waals surface area contributed by atoms with E-state index in [-0.39, 0.29) is 6.61 Å². The predicted octanol–water partition coefficient (Wildman–Crippen LogP) is 1.59. The zero-order valence-corrected chi connectivity index (χ0v) is 9.83. The zero-order chi connectivity index (χ0) is 10.7. The van der Waals surface area contributed by atoms with Gasteiger partial charge in [0.25, 0.3) is 0 Å². The third-order valence-electron chi connectivity index (χ3n) is 2.83. The first-order chi connectivity index (χ1) is 7.31. The maximum absolute atomic E-state index is 8.88. The van der Waals surface area contributed by atoms with Gasteiger partial charge in [0.1, 0.15) is 5.01 Å². The van der Waals surface area contributed by atoms with Crippen LogP contribution in [0.2, 0.25) is 0 Å². The first-order valence-corrected chi connectivity index (χ1v) is 6.30. The quantitative estimate of drug-likeness (QED) is 0.830. The number of aryl methyl sites for hydroxylation is 1. The summed E-state index contributed by atoms with van der Waals surface area (Å²) >= 11 is 1.65. The summed E-state index contributed by atoms with van der Waals surface area (Å²) in [6.07, 6.45) is 4.64. The molecule has 5 heteroatoms. The maximum atomic E-state index is 8.88. The minimum atomic E-state index is 0.251. The van der Waals surface area contributed by atoms with E-state index in [0.717, 1.165) is 23.1 Å². The van der Waals surface area contributed by atoms with Crippen LogP contribution in [0.3, 0.4) is 0 Å². The van der Waals surface area contributed by atoms with Crippen LogP contribution in [-0.2, 0) is 0 Å². The molecule has 1 aromatic heterocycles. The van der Waals surface area contributed by atoms with Crippen LogP contribution < -0.4 is 4.90 Å². The highest BCUT2D eigenvalue weighted by atomic mass is 32.1. The fourth-order valence-corrected chi connectivity index (χ4v) is 2.56. The molecular weight excluding hydrogens is 210 g/mol. The molecule has 1 fully saturated rings. The highest BCUT2D eigenvalue weighted by Gasteiger charge is 2.26. The summed E-state index contributed by atoms with van der Waals surface area (Å²) in [5.74, 6) is 0. The van der Waals surface area contributed by atoms with Crippen molar-refractivity contribution >= 4 is 16.5 Å². The zero-order valence-electron chi connectivity index (χ0n) is 9.02. The molecule has 1 aliphatic carbocycles. The van der Waals surface area contributed by atoms with Crippen LogP contribution in [0.4, 0.5) is 5.13 Å². The Morgan fingerprint density at radius 3 is 2.73 bits per heavy atom. The number of nitrogens with zero attached hydrogens (tertiary/aromatic N) is 3. The van der Waals surface area contributed by atoms with Gasteiger partial charge < -0.3 is 10.0 Å². The van der Waals surface area contributed by atoms with Crippen molar-refractivity contribution in [3.05, 3.63) is 5.01 Å². The van der Waals surface area contributed by atoms with E-state index in [4.69, 9.17) is 5.11 Å². The van der Waals surface area contributed by atoms with Gasteiger partial charge in [-0.05, 0) is 32.6 Å². The second kappa shape index (κ2) is 4.90. The van der Waals surface area contributed by atoms with E-state index in [2.05, 4.69) is 15.1 Å². The van der Waals surface area contributed by atoms with Gasteiger partial charge >= 0.3 is 0 Å². The normalized spacial score (nSPS) is 16.4. The first-order valence-electron chi connectivity index (χ1n) is 5.49. The Morgan fingerprint density at radius 2 is 2.27 bits per heavy atom. The molecule has 4 nitrogen and oxygen atoms in total. The Labute approximate surface area is 93.9 Å². The van der Waals surface area contributed by atoms with E-state index < -0.39 is 0 Å². The fourth-order valence-electron chi connectivity index (χ4n) is 1.78. The van der Waals surface area contributed by atoms with Crippen LogP contribution >= 0.6 is 11.3 Å². The van der Waals surface area contributed by atoms with E-state index in [1.54, 1.807) is 11.3 Å². The van der Waals surface area contributed by atoms with Crippen LogP contribution in [0, 0.1) is 6.92 Å². The van der Waals surface area contributed by atoms with Gasteiger partial charge in [-0.15, -0.1) is 10.2 Å². The van der Waals surface area contributed by atoms with Gasteiger partial charge in [0.05, 0.1) is 0 Å². The van der Waals surface area contributed by atoms with Crippen molar-refractivity contribution in [1.29, 1.82) is 0 Å². The van der Waals surface area contributed by atoms with Gasteiger partial charge in [0.2, 0.25) is 5.13 Å². The van der Waals surface area contributed by atoms with Crippen molar-refractivity contribution in [1.82, 2.24) is 10.2 Å². The fraction of sp³-hybridized carbons (Fsp3) is 0.800. The molecule has 0 aliphatic heterocycles. The van der Waals surface area contributed by atoms with Gasteiger partial charge in [-0.2, -0.15) is 0 Å². The second-order valence-corrected chi connectivity index (χ2v) is 5.12. The van der Waals surface area contributed by atoms with Gasteiger partial charge in [0.15, 0.2) is 0 Å². The third-order valence-corrected chi connectivity index (χ3v) is 3.71. The molecule has 15 heavy (non-hydrogen) atoms. The number of aliphatic hydroxyl groups is 1. The van der Waals surface area contributed by atoms with Crippen molar-refractivity contribution in [2.75, 3.05) is 18.1 Å². The summed E-state index contributed by atoms with van der Waals surface area (Å²) in [5.41, 5.74) is 0. The number of aliphatic hydroxyl groups excluding tert-OH is 1. The molecule has 0 radical (unpaired) electrons. The van der Waals surface area contributed by atoms with Crippen molar-refractivity contribution < 1.29 is 5.11 Å². The molecule has 1 aromatic rings. The molecule has 1 aliphatic rings. The lowest BCUT2D eigenvalue weighted by molar-refractivity contribution is 0.283. The highest BCUT2D eigenvalue weighted by Crippen LogP contribution is 2.31. The molecule has 1 N–H and O–H groups in total. The summed E-state index contributed by atoms with van der Waals surface area (Å²) in [5, 5.41) is 19.1. The van der Waals surface area contributed by atoms with Crippen LogP contribution in [0.25, 0.3) is 0 Å². The molecule has 0 atom stereocenters. The summed E-state index contributed by atoms with van der Waals surface area (Å²) in [6.45, 7) is 3.13. The Hall–Kier alpha value is -0.680. The SMILES string of the molecule is Cc1nnc(N(CCCO)C2CCC2)s1. The second-order valence-electron chi connectivity index (χ2n) is 3.96. The molecule has 0 unspecified atom stereocenters. The summed E-state index contributed by atoms with van der Waals surface area (Å²) in [6, 6.07) is 0.629. The minimum Gasteiger partial charge on any atom is -0.396 e. The lowest BCUT2D eigenvalue weighted by Gasteiger charge is -2.37. The number of hydrogen-bond acceptors (Lipinski definition) is 5. The summed E-state index contributed by atoms with van der Waals surface area (Å²) in [4.78, 5) is 2.31. The van der Waals surface area contributed by atoms with Crippen molar-refractivity contribution in [2.45, 2.75) is 38.6 Å². The molecule has 0 amide bonds. The van der Waals surface area contributed by atoms with Gasteiger partial charge in [-0.1, -0.05) is 11.3 Å². The predicted molar refractivity (Wildman–Crippen MR) is 61.3 cm³/mol. The van der Waals surface area contributed by atoms with Crippen LogP contribution in [0.5, 0.6) is 0 Å². The topological polar surface area (TPSA) is 49.2 Å². The average Bonchev–Trinajstić information content (AvgIpc) is 2.56. The number of aromatic nitrogens is 2. The van der Waals surface area contributed by atoms with Gasteiger partial charge in [-0.3, -0.25) is 0 Å². The summed E-state index contributed by atoms with van der Waals surface area (Å²) < 4.78 is 0.